The first-order chi connectivity index (χ1) is 7.72. The summed E-state index contributed by atoms with van der Waals surface area (Å²) in [4.78, 5) is 0. The van der Waals surface area contributed by atoms with Gasteiger partial charge in [0.2, 0.25) is 0 Å². The SMILES string of the molecule is CC1CC1(C)Cc1ccc(Cl)c(C(F)(F)F)c1. The maximum atomic E-state index is 12.7. The van der Waals surface area contributed by atoms with Crippen LogP contribution in [0.5, 0.6) is 0 Å². The van der Waals surface area contributed by atoms with E-state index in [9.17, 15) is 13.2 Å². The molecule has 0 bridgehead atoms. The van der Waals surface area contributed by atoms with Gasteiger partial charge in [0, 0.05) is 0 Å². The average Bonchev–Trinajstić information content (AvgIpc) is 2.76. The molecule has 1 fully saturated rings. The summed E-state index contributed by atoms with van der Waals surface area (Å²) >= 11 is 5.58. The van der Waals surface area contributed by atoms with Gasteiger partial charge in [-0.05, 0) is 41.9 Å². The minimum Gasteiger partial charge on any atom is -0.166 e. The van der Waals surface area contributed by atoms with Crippen molar-refractivity contribution in [3.8, 4) is 0 Å². The fraction of sp³-hybridized carbons (Fsp3) is 0.538. The fourth-order valence-corrected chi connectivity index (χ4v) is 2.48. The molecule has 0 saturated heterocycles. The molecule has 17 heavy (non-hydrogen) atoms. The molecule has 0 spiro atoms. The molecule has 94 valence electrons. The normalized spacial score (nSPS) is 28.2. The summed E-state index contributed by atoms with van der Waals surface area (Å²) in [5.41, 5.74) is 0.151. The largest absolute Gasteiger partial charge is 0.417 e. The molecule has 0 aromatic heterocycles. The van der Waals surface area contributed by atoms with Gasteiger partial charge in [-0.3, -0.25) is 0 Å². The average molecular weight is 263 g/mol. The highest BCUT2D eigenvalue weighted by molar-refractivity contribution is 6.31. The lowest BCUT2D eigenvalue weighted by Crippen LogP contribution is -2.08. The number of benzene rings is 1. The van der Waals surface area contributed by atoms with Crippen LogP contribution < -0.4 is 0 Å². The van der Waals surface area contributed by atoms with Gasteiger partial charge in [-0.2, -0.15) is 13.2 Å². The zero-order chi connectivity index (χ0) is 12.8. The zero-order valence-electron chi connectivity index (χ0n) is 9.74. The molecular formula is C13H14ClF3. The van der Waals surface area contributed by atoms with Crippen molar-refractivity contribution in [1.29, 1.82) is 0 Å². The summed E-state index contributed by atoms with van der Waals surface area (Å²) in [6.45, 7) is 4.24. The van der Waals surface area contributed by atoms with Gasteiger partial charge >= 0.3 is 6.18 Å². The van der Waals surface area contributed by atoms with Gasteiger partial charge in [-0.15, -0.1) is 0 Å². The van der Waals surface area contributed by atoms with Crippen LogP contribution in [0.25, 0.3) is 0 Å². The molecule has 1 saturated carbocycles. The molecule has 2 rings (SSSR count). The highest BCUT2D eigenvalue weighted by Crippen LogP contribution is 2.54. The van der Waals surface area contributed by atoms with E-state index in [4.69, 9.17) is 11.6 Å². The van der Waals surface area contributed by atoms with Gasteiger partial charge in [0.25, 0.3) is 0 Å². The standard InChI is InChI=1S/C13H14ClF3/c1-8-6-12(8,2)7-9-3-4-11(14)10(5-9)13(15,16)17/h3-5,8H,6-7H2,1-2H3. The van der Waals surface area contributed by atoms with Gasteiger partial charge < -0.3 is 0 Å². The highest BCUT2D eigenvalue weighted by Gasteiger charge is 2.46. The summed E-state index contributed by atoms with van der Waals surface area (Å²) < 4.78 is 38.0. The third-order valence-electron chi connectivity index (χ3n) is 3.75. The van der Waals surface area contributed by atoms with Crippen molar-refractivity contribution < 1.29 is 13.2 Å². The smallest absolute Gasteiger partial charge is 0.166 e. The molecule has 1 aromatic carbocycles. The molecule has 0 aliphatic heterocycles. The Morgan fingerprint density at radius 3 is 2.47 bits per heavy atom. The Morgan fingerprint density at radius 2 is 2.00 bits per heavy atom. The van der Waals surface area contributed by atoms with Crippen LogP contribution >= 0.6 is 11.6 Å². The lowest BCUT2D eigenvalue weighted by molar-refractivity contribution is -0.137. The van der Waals surface area contributed by atoms with Crippen LogP contribution in [-0.4, -0.2) is 0 Å². The second kappa shape index (κ2) is 3.91. The predicted octanol–water partition coefficient (Wildman–Crippen LogP) is 4.95. The Kier molecular flexibility index (Phi) is 2.93. The van der Waals surface area contributed by atoms with E-state index in [1.54, 1.807) is 6.07 Å². The van der Waals surface area contributed by atoms with Gasteiger partial charge in [0.05, 0.1) is 10.6 Å². The van der Waals surface area contributed by atoms with Crippen molar-refractivity contribution in [2.75, 3.05) is 0 Å². The molecular weight excluding hydrogens is 249 g/mol. The second-order valence-electron chi connectivity index (χ2n) is 5.25. The highest BCUT2D eigenvalue weighted by atomic mass is 35.5. The number of alkyl halides is 3. The maximum Gasteiger partial charge on any atom is 0.417 e. The third kappa shape index (κ3) is 2.59. The molecule has 0 heterocycles. The first-order valence-electron chi connectivity index (χ1n) is 5.58. The van der Waals surface area contributed by atoms with Crippen molar-refractivity contribution in [3.63, 3.8) is 0 Å². The van der Waals surface area contributed by atoms with Crippen molar-refractivity contribution in [2.24, 2.45) is 11.3 Å². The van der Waals surface area contributed by atoms with E-state index in [0.717, 1.165) is 6.42 Å². The monoisotopic (exact) mass is 262 g/mol. The predicted molar refractivity (Wildman–Crippen MR) is 62.0 cm³/mol. The summed E-state index contributed by atoms with van der Waals surface area (Å²) in [5, 5.41) is -0.227. The van der Waals surface area contributed by atoms with E-state index in [1.807, 2.05) is 0 Å². The van der Waals surface area contributed by atoms with E-state index >= 15 is 0 Å². The Labute approximate surface area is 104 Å². The molecule has 1 aliphatic rings. The Balaban J connectivity index is 2.26. The van der Waals surface area contributed by atoms with Crippen LogP contribution in [0.2, 0.25) is 5.02 Å². The molecule has 1 aliphatic carbocycles. The second-order valence-corrected chi connectivity index (χ2v) is 5.66. The zero-order valence-corrected chi connectivity index (χ0v) is 10.5. The minimum atomic E-state index is -4.37. The Hall–Kier alpha value is -0.700. The van der Waals surface area contributed by atoms with E-state index in [0.29, 0.717) is 17.9 Å². The summed E-state index contributed by atoms with van der Waals surface area (Å²) in [6, 6.07) is 4.21. The lowest BCUT2D eigenvalue weighted by atomic mass is 9.95. The van der Waals surface area contributed by atoms with Crippen LogP contribution in [0.1, 0.15) is 31.4 Å². The first-order valence-corrected chi connectivity index (χ1v) is 5.96. The third-order valence-corrected chi connectivity index (χ3v) is 4.08. The number of rotatable bonds is 2. The van der Waals surface area contributed by atoms with Crippen molar-refractivity contribution >= 4 is 11.6 Å². The van der Waals surface area contributed by atoms with Crippen LogP contribution in [0, 0.1) is 11.3 Å². The maximum absolute atomic E-state index is 12.7. The fourth-order valence-electron chi connectivity index (χ4n) is 2.25. The van der Waals surface area contributed by atoms with Crippen molar-refractivity contribution in [3.05, 3.63) is 34.3 Å². The molecule has 0 N–H and O–H groups in total. The molecule has 0 radical (unpaired) electrons. The van der Waals surface area contributed by atoms with Crippen LogP contribution in [-0.2, 0) is 12.6 Å². The Morgan fingerprint density at radius 1 is 1.41 bits per heavy atom. The summed E-state index contributed by atoms with van der Waals surface area (Å²) in [6.07, 6.45) is -2.60. The first kappa shape index (κ1) is 12.7. The minimum absolute atomic E-state index is 0.163. The summed E-state index contributed by atoms with van der Waals surface area (Å²) in [5.74, 6) is 0.590. The molecule has 0 nitrogen and oxygen atoms in total. The van der Waals surface area contributed by atoms with Gasteiger partial charge in [-0.1, -0.05) is 31.5 Å². The molecule has 1 aromatic rings. The van der Waals surface area contributed by atoms with Crippen LogP contribution in [0.3, 0.4) is 0 Å². The molecule has 2 atom stereocenters. The number of hydrogen-bond acceptors (Lipinski definition) is 0. The number of hydrogen-bond donors (Lipinski definition) is 0. The quantitative estimate of drug-likeness (QED) is 0.708. The van der Waals surface area contributed by atoms with E-state index in [2.05, 4.69) is 13.8 Å². The van der Waals surface area contributed by atoms with Crippen LogP contribution in [0.15, 0.2) is 18.2 Å². The van der Waals surface area contributed by atoms with Gasteiger partial charge in [0.15, 0.2) is 0 Å². The lowest BCUT2D eigenvalue weighted by Gasteiger charge is -2.14. The van der Waals surface area contributed by atoms with E-state index in [-0.39, 0.29) is 10.4 Å². The summed E-state index contributed by atoms with van der Waals surface area (Å²) in [7, 11) is 0. The van der Waals surface area contributed by atoms with Crippen molar-refractivity contribution in [2.45, 2.75) is 32.9 Å². The van der Waals surface area contributed by atoms with E-state index in [1.165, 1.54) is 12.1 Å². The molecule has 4 heteroatoms. The topological polar surface area (TPSA) is 0 Å². The molecule has 0 amide bonds. The van der Waals surface area contributed by atoms with Crippen LogP contribution in [0.4, 0.5) is 13.2 Å². The van der Waals surface area contributed by atoms with Gasteiger partial charge in [0.1, 0.15) is 0 Å². The van der Waals surface area contributed by atoms with E-state index < -0.39 is 11.7 Å². The number of halogens is 4. The Bertz CT molecular complexity index is 439. The van der Waals surface area contributed by atoms with Gasteiger partial charge in [-0.25, -0.2) is 0 Å². The molecule has 2 unspecified atom stereocenters. The van der Waals surface area contributed by atoms with Crippen molar-refractivity contribution in [1.82, 2.24) is 0 Å².